The molecule has 0 amide bonds. The second kappa shape index (κ2) is 11.0. The van der Waals surface area contributed by atoms with E-state index in [0.717, 1.165) is 44.2 Å². The zero-order chi connectivity index (χ0) is 26.5. The smallest absolute Gasteiger partial charge is 0.337 e. The lowest BCUT2D eigenvalue weighted by molar-refractivity contribution is 0.0592. The van der Waals surface area contributed by atoms with Gasteiger partial charge in [0.15, 0.2) is 0 Å². The number of fused-ring (bicyclic) bond motifs is 2. The molecule has 0 spiro atoms. The highest BCUT2D eigenvalue weighted by Crippen LogP contribution is 2.25. The van der Waals surface area contributed by atoms with E-state index in [0.29, 0.717) is 24.3 Å². The standard InChI is InChI=1S/C32H26O6/c1-35-31(33)27-9-7-25-17-29(13-11-23(25)15-27)37-19-21-3-5-22(6-4-21)20-38-30-14-12-24-16-28(32(34)36-2)10-8-26(24)18-30/h3-18H,19-20H2,1-2H3. The van der Waals surface area contributed by atoms with Crippen molar-refractivity contribution in [3.63, 3.8) is 0 Å². The Morgan fingerprint density at radius 1 is 0.500 bits per heavy atom. The summed E-state index contributed by atoms with van der Waals surface area (Å²) >= 11 is 0. The number of hydrogen-bond donors (Lipinski definition) is 0. The summed E-state index contributed by atoms with van der Waals surface area (Å²) in [5.74, 6) is 0.805. The summed E-state index contributed by atoms with van der Waals surface area (Å²) in [6, 6.07) is 30.6. The molecule has 0 atom stereocenters. The minimum Gasteiger partial charge on any atom is -0.489 e. The fraction of sp³-hybridized carbons (Fsp3) is 0.125. The number of ether oxygens (including phenoxy) is 4. The van der Waals surface area contributed by atoms with Gasteiger partial charge in [0.25, 0.3) is 0 Å². The summed E-state index contributed by atoms with van der Waals surface area (Å²) in [7, 11) is 2.75. The van der Waals surface area contributed by atoms with Crippen LogP contribution in [0.25, 0.3) is 21.5 Å². The van der Waals surface area contributed by atoms with E-state index in [1.54, 1.807) is 12.1 Å². The van der Waals surface area contributed by atoms with Gasteiger partial charge in [-0.3, -0.25) is 0 Å². The maximum absolute atomic E-state index is 11.7. The third-order valence-electron chi connectivity index (χ3n) is 6.30. The van der Waals surface area contributed by atoms with Crippen LogP contribution in [-0.4, -0.2) is 26.2 Å². The molecule has 0 fully saturated rings. The number of methoxy groups -OCH3 is 2. The summed E-state index contributed by atoms with van der Waals surface area (Å²) < 4.78 is 21.5. The Morgan fingerprint density at radius 2 is 0.868 bits per heavy atom. The van der Waals surface area contributed by atoms with Gasteiger partial charge >= 0.3 is 11.9 Å². The van der Waals surface area contributed by atoms with E-state index in [-0.39, 0.29) is 11.9 Å². The van der Waals surface area contributed by atoms with E-state index in [2.05, 4.69) is 0 Å². The number of esters is 2. The average Bonchev–Trinajstić information content (AvgIpc) is 2.97. The molecule has 0 bridgehead atoms. The molecule has 5 aromatic carbocycles. The van der Waals surface area contributed by atoms with E-state index in [1.807, 2.05) is 84.9 Å². The first-order valence-corrected chi connectivity index (χ1v) is 12.1. The van der Waals surface area contributed by atoms with Crippen LogP contribution in [0.3, 0.4) is 0 Å². The van der Waals surface area contributed by atoms with Crippen LogP contribution in [0.1, 0.15) is 31.8 Å². The first kappa shape index (κ1) is 24.8. The predicted molar refractivity (Wildman–Crippen MR) is 146 cm³/mol. The fourth-order valence-electron chi connectivity index (χ4n) is 4.18. The molecule has 5 rings (SSSR count). The van der Waals surface area contributed by atoms with Crippen LogP contribution < -0.4 is 9.47 Å². The summed E-state index contributed by atoms with van der Waals surface area (Å²) in [5, 5.41) is 3.87. The zero-order valence-electron chi connectivity index (χ0n) is 21.1. The van der Waals surface area contributed by atoms with E-state index in [1.165, 1.54) is 14.2 Å². The molecule has 0 radical (unpaired) electrons. The highest BCUT2D eigenvalue weighted by Gasteiger charge is 2.08. The maximum Gasteiger partial charge on any atom is 0.337 e. The van der Waals surface area contributed by atoms with Crippen molar-refractivity contribution in [1.82, 2.24) is 0 Å². The SMILES string of the molecule is COC(=O)c1ccc2cc(OCc3ccc(COc4ccc5cc(C(=O)OC)ccc5c4)cc3)ccc2c1. The topological polar surface area (TPSA) is 71.1 Å². The molecule has 0 saturated carbocycles. The van der Waals surface area contributed by atoms with Crippen LogP contribution in [0.5, 0.6) is 11.5 Å². The predicted octanol–water partition coefficient (Wildman–Crippen LogP) is 6.72. The molecule has 0 N–H and O–H groups in total. The van der Waals surface area contributed by atoms with Crippen molar-refractivity contribution in [2.75, 3.05) is 14.2 Å². The quantitative estimate of drug-likeness (QED) is 0.218. The molecule has 190 valence electrons. The molecule has 38 heavy (non-hydrogen) atoms. The lowest BCUT2D eigenvalue weighted by atomic mass is 10.1. The largest absolute Gasteiger partial charge is 0.489 e. The van der Waals surface area contributed by atoms with Crippen molar-refractivity contribution in [1.29, 1.82) is 0 Å². The van der Waals surface area contributed by atoms with Gasteiger partial charge in [0.1, 0.15) is 24.7 Å². The number of rotatable bonds is 8. The minimum absolute atomic E-state index is 0.353. The first-order valence-electron chi connectivity index (χ1n) is 12.1. The summed E-state index contributed by atoms with van der Waals surface area (Å²) in [6.45, 7) is 0.871. The van der Waals surface area contributed by atoms with Gasteiger partial charge in [-0.1, -0.05) is 48.5 Å². The van der Waals surface area contributed by atoms with E-state index < -0.39 is 0 Å². The highest BCUT2D eigenvalue weighted by molar-refractivity contribution is 5.96. The fourth-order valence-corrected chi connectivity index (χ4v) is 4.18. The lowest BCUT2D eigenvalue weighted by Gasteiger charge is -2.10. The normalized spacial score (nSPS) is 10.8. The zero-order valence-corrected chi connectivity index (χ0v) is 21.1. The summed E-state index contributed by atoms with van der Waals surface area (Å²) in [4.78, 5) is 23.5. The minimum atomic E-state index is -0.353. The van der Waals surface area contributed by atoms with Crippen molar-refractivity contribution in [2.24, 2.45) is 0 Å². The number of hydrogen-bond acceptors (Lipinski definition) is 6. The summed E-state index contributed by atoms with van der Waals surface area (Å²) in [5.41, 5.74) is 3.13. The maximum atomic E-state index is 11.7. The number of carbonyl (C=O) groups is 2. The third kappa shape index (κ3) is 5.60. The molecule has 6 heteroatoms. The van der Waals surface area contributed by atoms with Gasteiger partial charge in [0, 0.05) is 0 Å². The van der Waals surface area contributed by atoms with E-state index in [9.17, 15) is 9.59 Å². The molecular weight excluding hydrogens is 480 g/mol. The Labute approximate surface area is 220 Å². The van der Waals surface area contributed by atoms with Gasteiger partial charge in [0.2, 0.25) is 0 Å². The Kier molecular flexibility index (Phi) is 7.22. The van der Waals surface area contributed by atoms with Crippen molar-refractivity contribution >= 4 is 33.5 Å². The molecule has 0 aromatic heterocycles. The molecule has 6 nitrogen and oxygen atoms in total. The Hall–Kier alpha value is -4.84. The second-order valence-corrected chi connectivity index (χ2v) is 8.82. The van der Waals surface area contributed by atoms with E-state index in [4.69, 9.17) is 18.9 Å². The third-order valence-corrected chi connectivity index (χ3v) is 6.30. The van der Waals surface area contributed by atoms with Crippen molar-refractivity contribution in [3.05, 3.63) is 119 Å². The Bertz CT molecular complexity index is 1500. The molecule has 0 aliphatic carbocycles. The van der Waals surface area contributed by atoms with Gasteiger partial charge in [-0.25, -0.2) is 9.59 Å². The molecule has 0 aliphatic rings. The molecular formula is C32H26O6. The number of benzene rings is 5. The second-order valence-electron chi connectivity index (χ2n) is 8.82. The van der Waals surface area contributed by atoms with Crippen LogP contribution >= 0.6 is 0 Å². The van der Waals surface area contributed by atoms with Gasteiger partial charge < -0.3 is 18.9 Å². The van der Waals surface area contributed by atoms with Gasteiger partial charge in [-0.15, -0.1) is 0 Å². The first-order chi connectivity index (χ1) is 18.5. The van der Waals surface area contributed by atoms with Crippen LogP contribution in [0.15, 0.2) is 97.1 Å². The molecule has 0 aliphatic heterocycles. The Morgan fingerprint density at radius 3 is 1.26 bits per heavy atom. The molecule has 5 aromatic rings. The van der Waals surface area contributed by atoms with Gasteiger partial charge in [0.05, 0.1) is 25.3 Å². The monoisotopic (exact) mass is 506 g/mol. The Balaban J connectivity index is 1.17. The molecule has 0 heterocycles. The van der Waals surface area contributed by atoms with Crippen LogP contribution in [-0.2, 0) is 22.7 Å². The van der Waals surface area contributed by atoms with Crippen LogP contribution in [0.2, 0.25) is 0 Å². The van der Waals surface area contributed by atoms with E-state index >= 15 is 0 Å². The average molecular weight is 507 g/mol. The van der Waals surface area contributed by atoms with Crippen LogP contribution in [0.4, 0.5) is 0 Å². The van der Waals surface area contributed by atoms with Gasteiger partial charge in [-0.05, 0) is 81.2 Å². The van der Waals surface area contributed by atoms with Crippen molar-refractivity contribution < 1.29 is 28.5 Å². The summed E-state index contributed by atoms with van der Waals surface area (Å²) in [6.07, 6.45) is 0. The van der Waals surface area contributed by atoms with Crippen molar-refractivity contribution in [2.45, 2.75) is 13.2 Å². The van der Waals surface area contributed by atoms with Crippen LogP contribution in [0, 0.1) is 0 Å². The van der Waals surface area contributed by atoms with Crippen molar-refractivity contribution in [3.8, 4) is 11.5 Å². The number of carbonyl (C=O) groups excluding carboxylic acids is 2. The van der Waals surface area contributed by atoms with Gasteiger partial charge in [-0.2, -0.15) is 0 Å². The highest BCUT2D eigenvalue weighted by atomic mass is 16.5. The molecule has 0 saturated heterocycles. The lowest BCUT2D eigenvalue weighted by Crippen LogP contribution is -2.01. The molecule has 0 unspecified atom stereocenters.